The van der Waals surface area contributed by atoms with Crippen molar-refractivity contribution < 1.29 is 50.0 Å². The highest BCUT2D eigenvalue weighted by Crippen LogP contribution is 2.26. The van der Waals surface area contributed by atoms with Gasteiger partial charge in [-0.25, -0.2) is 0 Å². The summed E-state index contributed by atoms with van der Waals surface area (Å²) in [5.41, 5.74) is 0. The Balaban J connectivity index is 2.06. The van der Waals surface area contributed by atoms with Gasteiger partial charge in [-0.1, -0.05) is 0 Å². The molecule has 0 aromatic carbocycles. The van der Waals surface area contributed by atoms with E-state index in [1.165, 1.54) is 0 Å². The zero-order valence-corrected chi connectivity index (χ0v) is 11.0. The number of rotatable bonds is 3. The van der Waals surface area contributed by atoms with Crippen molar-refractivity contribution in [2.24, 2.45) is 0 Å². The molecule has 2 rings (SSSR count). The largest absolute Gasteiger partial charge is 0.394 e. The molecule has 7 N–H and O–H groups in total. The van der Waals surface area contributed by atoms with Gasteiger partial charge in [0.1, 0.15) is 42.7 Å². The first kappa shape index (κ1) is 17.0. The van der Waals surface area contributed by atoms with Crippen LogP contribution in [-0.2, 0) is 14.2 Å². The topological polar surface area (TPSA) is 169 Å². The lowest BCUT2D eigenvalue weighted by Crippen LogP contribution is -2.62. The molecule has 124 valence electrons. The molecule has 0 aliphatic carbocycles. The Hall–Kier alpha value is -0.400. The standard InChI is InChI=1S/C11H20O10/c12-1-4-5(14)6(15)7(16)11(20-4)21-9-3(13)2-19-10(18)8(9)17/h3-18H,1-2H2/t3-,4+,5-,6-,7+,8-,9-,10+,11-/m0/s1. The van der Waals surface area contributed by atoms with Crippen LogP contribution in [0.4, 0.5) is 0 Å². The number of ether oxygens (including phenoxy) is 3. The molecule has 2 aliphatic heterocycles. The van der Waals surface area contributed by atoms with Crippen LogP contribution >= 0.6 is 0 Å². The second kappa shape index (κ2) is 6.79. The third-order valence-electron chi connectivity index (χ3n) is 3.59. The fourth-order valence-corrected chi connectivity index (χ4v) is 2.29. The molecule has 9 atom stereocenters. The summed E-state index contributed by atoms with van der Waals surface area (Å²) >= 11 is 0. The molecule has 0 radical (unpaired) electrons. The molecular formula is C11H20O10. The molecule has 0 bridgehead atoms. The van der Waals surface area contributed by atoms with Crippen LogP contribution in [0.5, 0.6) is 0 Å². The van der Waals surface area contributed by atoms with Crippen LogP contribution in [0.25, 0.3) is 0 Å². The maximum Gasteiger partial charge on any atom is 0.187 e. The van der Waals surface area contributed by atoms with Crippen LogP contribution in [0.2, 0.25) is 0 Å². The van der Waals surface area contributed by atoms with Gasteiger partial charge in [0.25, 0.3) is 0 Å². The summed E-state index contributed by atoms with van der Waals surface area (Å²) in [6, 6.07) is 0. The Morgan fingerprint density at radius 3 is 2.19 bits per heavy atom. The highest BCUT2D eigenvalue weighted by Gasteiger charge is 2.48. The van der Waals surface area contributed by atoms with Crippen LogP contribution in [0, 0.1) is 0 Å². The summed E-state index contributed by atoms with van der Waals surface area (Å²) in [4.78, 5) is 0. The van der Waals surface area contributed by atoms with Gasteiger partial charge in [-0.05, 0) is 0 Å². The average Bonchev–Trinajstić information content (AvgIpc) is 2.47. The number of aliphatic hydroxyl groups is 7. The van der Waals surface area contributed by atoms with E-state index in [1.807, 2.05) is 0 Å². The van der Waals surface area contributed by atoms with Gasteiger partial charge < -0.3 is 50.0 Å². The highest BCUT2D eigenvalue weighted by atomic mass is 16.7. The fourth-order valence-electron chi connectivity index (χ4n) is 2.29. The summed E-state index contributed by atoms with van der Waals surface area (Å²) in [5, 5.41) is 66.8. The number of aliphatic hydroxyl groups excluding tert-OH is 7. The van der Waals surface area contributed by atoms with E-state index in [4.69, 9.17) is 14.6 Å². The van der Waals surface area contributed by atoms with Crippen molar-refractivity contribution in [3.8, 4) is 0 Å². The van der Waals surface area contributed by atoms with Crippen molar-refractivity contribution in [3.05, 3.63) is 0 Å². The zero-order valence-electron chi connectivity index (χ0n) is 11.0. The van der Waals surface area contributed by atoms with Crippen molar-refractivity contribution >= 4 is 0 Å². The number of hydrogen-bond acceptors (Lipinski definition) is 10. The van der Waals surface area contributed by atoms with E-state index >= 15 is 0 Å². The van der Waals surface area contributed by atoms with E-state index in [1.54, 1.807) is 0 Å². The summed E-state index contributed by atoms with van der Waals surface area (Å²) < 4.78 is 15.0. The van der Waals surface area contributed by atoms with Crippen LogP contribution < -0.4 is 0 Å². The zero-order chi connectivity index (χ0) is 15.7. The van der Waals surface area contributed by atoms with E-state index in [2.05, 4.69) is 4.74 Å². The molecule has 2 heterocycles. The van der Waals surface area contributed by atoms with Crippen LogP contribution in [0.1, 0.15) is 0 Å². The van der Waals surface area contributed by atoms with Crippen molar-refractivity contribution in [1.29, 1.82) is 0 Å². The molecule has 0 amide bonds. The second-order valence-corrected chi connectivity index (χ2v) is 5.08. The van der Waals surface area contributed by atoms with Crippen molar-refractivity contribution in [2.75, 3.05) is 13.2 Å². The third kappa shape index (κ3) is 3.35. The van der Waals surface area contributed by atoms with Gasteiger partial charge in [-0.3, -0.25) is 0 Å². The van der Waals surface area contributed by atoms with E-state index in [0.29, 0.717) is 0 Å². The summed E-state index contributed by atoms with van der Waals surface area (Å²) in [6.45, 7) is -0.938. The Bertz CT molecular complexity index is 339. The van der Waals surface area contributed by atoms with E-state index in [9.17, 15) is 30.6 Å². The molecule has 10 nitrogen and oxygen atoms in total. The maximum absolute atomic E-state index is 9.79. The predicted octanol–water partition coefficient (Wildman–Crippen LogP) is -4.76. The molecule has 2 aliphatic rings. The Kier molecular flexibility index (Phi) is 5.48. The molecule has 10 heteroatoms. The first-order chi connectivity index (χ1) is 9.86. The summed E-state index contributed by atoms with van der Waals surface area (Å²) in [5.74, 6) is 0. The van der Waals surface area contributed by atoms with Crippen LogP contribution in [0.15, 0.2) is 0 Å². The van der Waals surface area contributed by atoms with Gasteiger partial charge in [0.05, 0.1) is 13.2 Å². The lowest BCUT2D eigenvalue weighted by atomic mass is 9.98. The van der Waals surface area contributed by atoms with E-state index < -0.39 is 61.9 Å². The monoisotopic (exact) mass is 312 g/mol. The van der Waals surface area contributed by atoms with Gasteiger partial charge >= 0.3 is 0 Å². The van der Waals surface area contributed by atoms with Crippen molar-refractivity contribution in [3.63, 3.8) is 0 Å². The molecule has 0 aromatic rings. The Morgan fingerprint density at radius 1 is 0.905 bits per heavy atom. The molecule has 0 spiro atoms. The molecule has 2 fully saturated rings. The van der Waals surface area contributed by atoms with E-state index in [-0.39, 0.29) is 6.61 Å². The first-order valence-corrected chi connectivity index (χ1v) is 6.48. The molecule has 0 aromatic heterocycles. The minimum Gasteiger partial charge on any atom is -0.394 e. The first-order valence-electron chi connectivity index (χ1n) is 6.48. The second-order valence-electron chi connectivity index (χ2n) is 5.08. The SMILES string of the molecule is OC[C@H]1O[C@@H](O[C@@H]2[C@H](O)[C@H](O)OC[C@@H]2O)[C@H](O)[C@@H](O)[C@H]1O. The smallest absolute Gasteiger partial charge is 0.187 e. The average molecular weight is 312 g/mol. The highest BCUT2D eigenvalue weighted by molar-refractivity contribution is 4.91. The third-order valence-corrected chi connectivity index (χ3v) is 3.59. The Morgan fingerprint density at radius 2 is 1.57 bits per heavy atom. The van der Waals surface area contributed by atoms with Crippen molar-refractivity contribution in [1.82, 2.24) is 0 Å². The molecule has 21 heavy (non-hydrogen) atoms. The molecular weight excluding hydrogens is 292 g/mol. The Labute approximate surface area is 119 Å². The normalized spacial score (nSPS) is 51.9. The molecule has 0 unspecified atom stereocenters. The minimum absolute atomic E-state index is 0.305. The van der Waals surface area contributed by atoms with Crippen LogP contribution in [0.3, 0.4) is 0 Å². The predicted molar refractivity (Wildman–Crippen MR) is 62.6 cm³/mol. The van der Waals surface area contributed by atoms with Gasteiger partial charge in [-0.15, -0.1) is 0 Å². The summed E-state index contributed by atoms with van der Waals surface area (Å²) in [6.07, 6.45) is -13.3. The van der Waals surface area contributed by atoms with Gasteiger partial charge in [-0.2, -0.15) is 0 Å². The molecule has 0 saturated carbocycles. The minimum atomic E-state index is -1.66. The number of hydrogen-bond donors (Lipinski definition) is 7. The van der Waals surface area contributed by atoms with Gasteiger partial charge in [0.15, 0.2) is 12.6 Å². The van der Waals surface area contributed by atoms with Crippen molar-refractivity contribution in [2.45, 2.75) is 55.3 Å². The lowest BCUT2D eigenvalue weighted by Gasteiger charge is -2.43. The van der Waals surface area contributed by atoms with Gasteiger partial charge in [0.2, 0.25) is 0 Å². The van der Waals surface area contributed by atoms with Crippen LogP contribution in [-0.4, -0.2) is 104 Å². The fraction of sp³-hybridized carbons (Fsp3) is 1.00. The van der Waals surface area contributed by atoms with Gasteiger partial charge in [0, 0.05) is 0 Å². The molecule has 2 saturated heterocycles. The quantitative estimate of drug-likeness (QED) is 0.268. The summed E-state index contributed by atoms with van der Waals surface area (Å²) in [7, 11) is 0. The van der Waals surface area contributed by atoms with E-state index in [0.717, 1.165) is 0 Å². The lowest BCUT2D eigenvalue weighted by molar-refractivity contribution is -0.345. The maximum atomic E-state index is 9.79.